The molecule has 0 N–H and O–H groups in total. The zero-order valence-corrected chi connectivity index (χ0v) is 18.2. The number of carboxylic acids is 1. The van der Waals surface area contributed by atoms with Crippen molar-refractivity contribution < 1.29 is 32.7 Å². The SMILES string of the molecule is CCO[Si](CCCCOc1cc(/C=C/C(=O)[O-])ccc1OC)(OCC)OCC. The normalized spacial score (nSPS) is 11.7. The van der Waals surface area contributed by atoms with Crippen molar-refractivity contribution in [3.8, 4) is 11.5 Å². The largest absolute Gasteiger partial charge is 0.545 e. The van der Waals surface area contributed by atoms with Crippen LogP contribution in [0.1, 0.15) is 39.2 Å². The fourth-order valence-electron chi connectivity index (χ4n) is 2.70. The molecule has 0 radical (unpaired) electrons. The van der Waals surface area contributed by atoms with Gasteiger partial charge in [0.15, 0.2) is 11.5 Å². The molecule has 0 aliphatic heterocycles. The van der Waals surface area contributed by atoms with Crippen molar-refractivity contribution >= 4 is 20.8 Å². The van der Waals surface area contributed by atoms with E-state index < -0.39 is 14.8 Å². The van der Waals surface area contributed by atoms with Gasteiger partial charge in [0.05, 0.1) is 19.7 Å². The van der Waals surface area contributed by atoms with E-state index in [2.05, 4.69) is 0 Å². The second-order valence-electron chi connectivity index (χ2n) is 5.85. The van der Waals surface area contributed by atoms with Gasteiger partial charge in [-0.1, -0.05) is 12.1 Å². The number of methoxy groups -OCH3 is 1. The first-order chi connectivity index (χ1) is 13.5. The predicted octanol–water partition coefficient (Wildman–Crippen LogP) is 2.67. The average Bonchev–Trinajstić information content (AvgIpc) is 2.67. The standard InChI is InChI=1S/C20H32O7Si/c1-5-25-28(26-6-2,27-7-3)15-9-8-14-24-19-16-17(11-13-20(21)22)10-12-18(19)23-4/h10-13,16H,5-9,14-15H2,1-4H3,(H,21,22)/p-1/b13-11+. The van der Waals surface area contributed by atoms with Crippen LogP contribution in [0.15, 0.2) is 24.3 Å². The summed E-state index contributed by atoms with van der Waals surface area (Å²) in [5, 5.41) is 10.6. The Hall–Kier alpha value is -1.87. The fourth-order valence-corrected chi connectivity index (χ4v) is 5.39. The Morgan fingerprint density at radius 2 is 1.68 bits per heavy atom. The molecule has 0 bridgehead atoms. The minimum absolute atomic E-state index is 0.485. The summed E-state index contributed by atoms with van der Waals surface area (Å²) in [6.07, 6.45) is 4.07. The highest BCUT2D eigenvalue weighted by molar-refractivity contribution is 6.60. The molecule has 0 saturated heterocycles. The Balaban J connectivity index is 2.62. The van der Waals surface area contributed by atoms with Gasteiger partial charge in [-0.3, -0.25) is 0 Å². The average molecular weight is 412 g/mol. The van der Waals surface area contributed by atoms with Crippen molar-refractivity contribution in [2.45, 2.75) is 39.7 Å². The number of carboxylic acid groups (broad SMARTS) is 1. The van der Waals surface area contributed by atoms with Gasteiger partial charge in [-0.15, -0.1) is 0 Å². The smallest absolute Gasteiger partial charge is 0.500 e. The summed E-state index contributed by atoms with van der Waals surface area (Å²) in [5.41, 5.74) is 0.690. The molecule has 0 unspecified atom stereocenters. The number of ether oxygens (including phenoxy) is 2. The summed E-state index contributed by atoms with van der Waals surface area (Å²) in [4.78, 5) is 10.6. The van der Waals surface area contributed by atoms with Crippen molar-refractivity contribution in [2.75, 3.05) is 33.5 Å². The third kappa shape index (κ3) is 8.43. The second-order valence-corrected chi connectivity index (χ2v) is 8.58. The molecule has 158 valence electrons. The lowest BCUT2D eigenvalue weighted by molar-refractivity contribution is -0.297. The van der Waals surface area contributed by atoms with Crippen LogP contribution < -0.4 is 14.6 Å². The van der Waals surface area contributed by atoms with E-state index in [9.17, 15) is 9.90 Å². The molecular weight excluding hydrogens is 380 g/mol. The zero-order valence-electron chi connectivity index (χ0n) is 17.2. The maximum Gasteiger partial charge on any atom is 0.500 e. The molecule has 0 fully saturated rings. The first-order valence-electron chi connectivity index (χ1n) is 9.62. The maximum absolute atomic E-state index is 10.6. The summed E-state index contributed by atoms with van der Waals surface area (Å²) >= 11 is 0. The Morgan fingerprint density at radius 1 is 1.04 bits per heavy atom. The van der Waals surface area contributed by atoms with E-state index in [0.29, 0.717) is 43.5 Å². The van der Waals surface area contributed by atoms with Crippen LogP contribution in [0.4, 0.5) is 0 Å². The topological polar surface area (TPSA) is 86.3 Å². The van der Waals surface area contributed by atoms with Crippen molar-refractivity contribution in [3.63, 3.8) is 0 Å². The lowest BCUT2D eigenvalue weighted by Gasteiger charge is -2.28. The quantitative estimate of drug-likeness (QED) is 0.249. The molecule has 7 nitrogen and oxygen atoms in total. The van der Waals surface area contributed by atoms with Crippen LogP contribution in [-0.4, -0.2) is 48.3 Å². The Kier molecular flexibility index (Phi) is 11.5. The molecule has 0 atom stereocenters. The fraction of sp³-hybridized carbons (Fsp3) is 0.550. The van der Waals surface area contributed by atoms with Gasteiger partial charge in [-0.25, -0.2) is 0 Å². The summed E-state index contributed by atoms with van der Waals surface area (Å²) in [5.74, 6) is -0.0953. The molecule has 0 heterocycles. The van der Waals surface area contributed by atoms with Gasteiger partial charge >= 0.3 is 8.80 Å². The van der Waals surface area contributed by atoms with E-state index in [-0.39, 0.29) is 0 Å². The predicted molar refractivity (Wildman–Crippen MR) is 107 cm³/mol. The first-order valence-corrected chi connectivity index (χ1v) is 11.5. The van der Waals surface area contributed by atoms with Crippen molar-refractivity contribution in [1.82, 2.24) is 0 Å². The highest BCUT2D eigenvalue weighted by Gasteiger charge is 2.39. The second kappa shape index (κ2) is 13.3. The van der Waals surface area contributed by atoms with Gasteiger partial charge in [0.1, 0.15) is 0 Å². The number of hydrogen-bond donors (Lipinski definition) is 0. The highest BCUT2D eigenvalue weighted by atomic mass is 28.4. The maximum atomic E-state index is 10.6. The summed E-state index contributed by atoms with van der Waals surface area (Å²) in [6.45, 7) is 7.99. The van der Waals surface area contributed by atoms with E-state index in [1.165, 1.54) is 6.08 Å². The van der Waals surface area contributed by atoms with Crippen LogP contribution in [0.3, 0.4) is 0 Å². The third-order valence-electron chi connectivity index (χ3n) is 3.83. The van der Waals surface area contributed by atoms with Crippen molar-refractivity contribution in [1.29, 1.82) is 0 Å². The molecule has 0 saturated carbocycles. The van der Waals surface area contributed by atoms with E-state index in [1.54, 1.807) is 25.3 Å². The van der Waals surface area contributed by atoms with E-state index >= 15 is 0 Å². The Labute approximate surface area is 168 Å². The molecule has 8 heteroatoms. The van der Waals surface area contributed by atoms with Gasteiger partial charge in [0.25, 0.3) is 0 Å². The molecular formula is C20H31O7Si-. The number of aliphatic carboxylic acids is 1. The highest BCUT2D eigenvalue weighted by Crippen LogP contribution is 2.29. The van der Waals surface area contributed by atoms with Crippen LogP contribution in [0.25, 0.3) is 6.08 Å². The van der Waals surface area contributed by atoms with Gasteiger partial charge in [0.2, 0.25) is 0 Å². The molecule has 0 aliphatic rings. The minimum atomic E-state index is -2.62. The molecule has 28 heavy (non-hydrogen) atoms. The van der Waals surface area contributed by atoms with Crippen LogP contribution >= 0.6 is 0 Å². The lowest BCUT2D eigenvalue weighted by atomic mass is 10.2. The molecule has 0 aromatic heterocycles. The van der Waals surface area contributed by atoms with Gasteiger partial charge < -0.3 is 32.7 Å². The summed E-state index contributed by atoms with van der Waals surface area (Å²) in [7, 11) is -1.06. The number of unbranched alkanes of at least 4 members (excludes halogenated alkanes) is 1. The van der Waals surface area contributed by atoms with Gasteiger partial charge in [0, 0.05) is 25.9 Å². The summed E-state index contributed by atoms with van der Waals surface area (Å²) in [6, 6.07) is 5.95. The van der Waals surface area contributed by atoms with E-state index in [1.807, 2.05) is 20.8 Å². The van der Waals surface area contributed by atoms with Crippen LogP contribution in [0.2, 0.25) is 6.04 Å². The molecule has 1 rings (SSSR count). The van der Waals surface area contributed by atoms with E-state index in [4.69, 9.17) is 22.8 Å². The molecule has 1 aromatic rings. The monoisotopic (exact) mass is 411 g/mol. The van der Waals surface area contributed by atoms with Crippen LogP contribution in [-0.2, 0) is 18.1 Å². The van der Waals surface area contributed by atoms with Crippen molar-refractivity contribution in [2.24, 2.45) is 0 Å². The van der Waals surface area contributed by atoms with Crippen LogP contribution in [0.5, 0.6) is 11.5 Å². The number of carbonyl (C=O) groups excluding carboxylic acids is 1. The van der Waals surface area contributed by atoms with E-state index in [0.717, 1.165) is 25.0 Å². The number of rotatable bonds is 15. The number of benzene rings is 1. The first kappa shape index (κ1) is 24.2. The molecule has 0 spiro atoms. The van der Waals surface area contributed by atoms with Gasteiger partial charge in [-0.2, -0.15) is 0 Å². The molecule has 0 amide bonds. The lowest BCUT2D eigenvalue weighted by Crippen LogP contribution is -2.45. The minimum Gasteiger partial charge on any atom is -0.545 e. The molecule has 0 aliphatic carbocycles. The van der Waals surface area contributed by atoms with Gasteiger partial charge in [-0.05, 0) is 57.4 Å². The van der Waals surface area contributed by atoms with Crippen molar-refractivity contribution in [3.05, 3.63) is 29.8 Å². The van der Waals surface area contributed by atoms with Crippen LogP contribution in [0, 0.1) is 0 Å². The number of hydrogen-bond acceptors (Lipinski definition) is 7. The Bertz CT molecular complexity index is 602. The number of carbonyl (C=O) groups is 1. The zero-order chi connectivity index (χ0) is 20.8. The Morgan fingerprint density at radius 3 is 2.21 bits per heavy atom. The molecule has 1 aromatic carbocycles. The third-order valence-corrected chi connectivity index (χ3v) is 6.98. The summed E-state index contributed by atoms with van der Waals surface area (Å²) < 4.78 is 28.7.